The second-order valence-corrected chi connectivity index (χ2v) is 5.53. The largest absolute Gasteiger partial charge is 0.276 e. The predicted molar refractivity (Wildman–Crippen MR) is 59.8 cm³/mol. The molecule has 0 fully saturated rings. The monoisotopic (exact) mass is 253 g/mol. The first kappa shape index (κ1) is 11.8. The standard InChI is InChI=1S/C11H11NO4S/c1-3-9(13)12-11(14)10-7(2)5-4-6-8(10)17(12,15)16/h4-6H,3H2,1-2H3. The van der Waals surface area contributed by atoms with E-state index in [1.165, 1.54) is 13.0 Å². The summed E-state index contributed by atoms with van der Waals surface area (Å²) in [6.45, 7) is 3.16. The first-order chi connectivity index (χ1) is 7.91. The normalized spacial score (nSPS) is 17.1. The van der Waals surface area contributed by atoms with E-state index in [2.05, 4.69) is 0 Å². The van der Waals surface area contributed by atoms with Crippen molar-refractivity contribution in [3.63, 3.8) is 0 Å². The fourth-order valence-electron chi connectivity index (χ4n) is 1.83. The Morgan fingerprint density at radius 1 is 1.35 bits per heavy atom. The summed E-state index contributed by atoms with van der Waals surface area (Å²) >= 11 is 0. The third-order valence-electron chi connectivity index (χ3n) is 2.68. The molecule has 1 heterocycles. The van der Waals surface area contributed by atoms with Crippen LogP contribution in [-0.2, 0) is 14.8 Å². The summed E-state index contributed by atoms with van der Waals surface area (Å²) in [7, 11) is -4.00. The Kier molecular flexibility index (Phi) is 2.54. The number of nitrogens with zero attached hydrogens (tertiary/aromatic N) is 1. The molecule has 1 aliphatic heterocycles. The third kappa shape index (κ3) is 1.48. The van der Waals surface area contributed by atoms with Crippen molar-refractivity contribution in [3.05, 3.63) is 29.3 Å². The van der Waals surface area contributed by atoms with Crippen molar-refractivity contribution in [1.82, 2.24) is 4.31 Å². The van der Waals surface area contributed by atoms with Crippen LogP contribution in [0.2, 0.25) is 0 Å². The van der Waals surface area contributed by atoms with Gasteiger partial charge in [-0.1, -0.05) is 19.1 Å². The topological polar surface area (TPSA) is 71.5 Å². The highest BCUT2D eigenvalue weighted by Gasteiger charge is 2.45. The average molecular weight is 253 g/mol. The maximum atomic E-state index is 12.0. The van der Waals surface area contributed by atoms with Gasteiger partial charge in [0, 0.05) is 6.42 Å². The molecule has 1 aromatic carbocycles. The number of amides is 2. The van der Waals surface area contributed by atoms with Crippen molar-refractivity contribution in [1.29, 1.82) is 0 Å². The van der Waals surface area contributed by atoms with Gasteiger partial charge < -0.3 is 0 Å². The summed E-state index contributed by atoms with van der Waals surface area (Å²) in [5.74, 6) is -1.45. The SMILES string of the molecule is CCC(=O)N1C(=O)c2c(C)cccc2S1(=O)=O. The molecule has 2 amide bonds. The summed E-state index contributed by atoms with van der Waals surface area (Å²) in [4.78, 5) is 23.4. The highest BCUT2D eigenvalue weighted by Crippen LogP contribution is 2.32. The first-order valence-electron chi connectivity index (χ1n) is 5.13. The van der Waals surface area contributed by atoms with E-state index in [0.29, 0.717) is 9.87 Å². The van der Waals surface area contributed by atoms with Crippen molar-refractivity contribution in [3.8, 4) is 0 Å². The van der Waals surface area contributed by atoms with Crippen LogP contribution in [-0.4, -0.2) is 24.5 Å². The van der Waals surface area contributed by atoms with E-state index in [1.807, 2.05) is 0 Å². The minimum absolute atomic E-state index is 0.0298. The molecule has 0 atom stereocenters. The zero-order valence-electron chi connectivity index (χ0n) is 9.43. The van der Waals surface area contributed by atoms with E-state index in [9.17, 15) is 18.0 Å². The molecule has 0 radical (unpaired) electrons. The van der Waals surface area contributed by atoms with E-state index >= 15 is 0 Å². The Morgan fingerprint density at radius 2 is 2.00 bits per heavy atom. The van der Waals surface area contributed by atoms with Crippen LogP contribution in [0, 0.1) is 6.92 Å². The molecule has 5 nitrogen and oxygen atoms in total. The Hall–Kier alpha value is -1.69. The van der Waals surface area contributed by atoms with Gasteiger partial charge in [0.05, 0.1) is 5.56 Å². The van der Waals surface area contributed by atoms with Gasteiger partial charge in [-0.15, -0.1) is 0 Å². The van der Waals surface area contributed by atoms with E-state index in [-0.39, 0.29) is 16.9 Å². The van der Waals surface area contributed by atoms with Gasteiger partial charge in [-0.2, -0.15) is 4.31 Å². The number of hydrogen-bond acceptors (Lipinski definition) is 4. The number of carbonyl (C=O) groups excluding carboxylic acids is 2. The number of benzene rings is 1. The zero-order chi connectivity index (χ0) is 12.8. The molecule has 1 aromatic rings. The molecule has 0 saturated heterocycles. The molecule has 1 aliphatic rings. The molecule has 0 aliphatic carbocycles. The summed E-state index contributed by atoms with van der Waals surface area (Å²) in [5, 5.41) is 0. The van der Waals surface area contributed by atoms with Gasteiger partial charge in [-0.3, -0.25) is 9.59 Å². The molecule has 0 saturated carbocycles. The Bertz CT molecular complexity index is 618. The van der Waals surface area contributed by atoms with Gasteiger partial charge in [0.1, 0.15) is 4.90 Å². The lowest BCUT2D eigenvalue weighted by molar-refractivity contribution is -0.124. The number of carbonyl (C=O) groups is 2. The lowest BCUT2D eigenvalue weighted by Crippen LogP contribution is -2.35. The molecule has 0 aromatic heterocycles. The van der Waals surface area contributed by atoms with Crippen LogP contribution in [0.1, 0.15) is 29.3 Å². The number of rotatable bonds is 1. The van der Waals surface area contributed by atoms with E-state index < -0.39 is 21.8 Å². The molecule has 6 heteroatoms. The van der Waals surface area contributed by atoms with E-state index in [0.717, 1.165) is 0 Å². The number of aryl methyl sites for hydroxylation is 1. The maximum Gasteiger partial charge on any atom is 0.276 e. The van der Waals surface area contributed by atoms with Crippen LogP contribution in [0.5, 0.6) is 0 Å². The quantitative estimate of drug-likeness (QED) is 0.750. The van der Waals surface area contributed by atoms with Crippen molar-refractivity contribution in [2.75, 3.05) is 0 Å². The van der Waals surface area contributed by atoms with Crippen LogP contribution in [0.4, 0.5) is 0 Å². The Labute approximate surface area is 99.1 Å². The highest BCUT2D eigenvalue weighted by molar-refractivity contribution is 7.90. The number of fused-ring (bicyclic) bond motifs is 1. The Morgan fingerprint density at radius 3 is 2.53 bits per heavy atom. The molecule has 0 N–H and O–H groups in total. The van der Waals surface area contributed by atoms with Gasteiger partial charge in [0.15, 0.2) is 0 Å². The van der Waals surface area contributed by atoms with Crippen LogP contribution in [0.15, 0.2) is 23.1 Å². The summed E-state index contributed by atoms with van der Waals surface area (Å²) in [5.41, 5.74) is 0.664. The predicted octanol–water partition coefficient (Wildman–Crippen LogP) is 1.08. The fourth-order valence-corrected chi connectivity index (χ4v) is 3.49. The second-order valence-electron chi connectivity index (χ2n) is 3.77. The number of hydrogen-bond donors (Lipinski definition) is 0. The van der Waals surface area contributed by atoms with Gasteiger partial charge in [0.2, 0.25) is 5.91 Å². The maximum absolute atomic E-state index is 12.0. The highest BCUT2D eigenvalue weighted by atomic mass is 32.2. The van der Waals surface area contributed by atoms with E-state index in [1.54, 1.807) is 19.1 Å². The fraction of sp³-hybridized carbons (Fsp3) is 0.273. The third-order valence-corrected chi connectivity index (χ3v) is 4.43. The summed E-state index contributed by atoms with van der Waals surface area (Å²) in [6.07, 6.45) is -0.0298. The molecular formula is C11H11NO4S. The minimum Gasteiger partial charge on any atom is -0.273 e. The van der Waals surface area contributed by atoms with Gasteiger partial charge in [-0.05, 0) is 18.6 Å². The van der Waals surface area contributed by atoms with Gasteiger partial charge >= 0.3 is 0 Å². The number of imide groups is 1. The van der Waals surface area contributed by atoms with Crippen molar-refractivity contribution >= 4 is 21.8 Å². The number of sulfonamides is 1. The summed E-state index contributed by atoms with van der Waals surface area (Å²) in [6, 6.07) is 4.55. The van der Waals surface area contributed by atoms with Crippen molar-refractivity contribution in [2.45, 2.75) is 25.2 Å². The molecule has 0 bridgehead atoms. The lowest BCUT2D eigenvalue weighted by Gasteiger charge is -2.11. The Balaban J connectivity index is 2.73. The first-order valence-corrected chi connectivity index (χ1v) is 6.57. The minimum atomic E-state index is -4.00. The second kappa shape index (κ2) is 3.66. The van der Waals surface area contributed by atoms with Crippen molar-refractivity contribution < 1.29 is 18.0 Å². The van der Waals surface area contributed by atoms with Gasteiger partial charge in [0.25, 0.3) is 15.9 Å². The molecule has 0 unspecified atom stereocenters. The summed E-state index contributed by atoms with van der Waals surface area (Å²) < 4.78 is 24.4. The smallest absolute Gasteiger partial charge is 0.273 e. The average Bonchev–Trinajstić information content (AvgIpc) is 2.47. The van der Waals surface area contributed by atoms with Crippen LogP contribution >= 0.6 is 0 Å². The van der Waals surface area contributed by atoms with Crippen molar-refractivity contribution in [2.24, 2.45) is 0 Å². The molecule has 2 rings (SSSR count). The zero-order valence-corrected chi connectivity index (χ0v) is 10.2. The van der Waals surface area contributed by atoms with Crippen LogP contribution < -0.4 is 0 Å². The molecular weight excluding hydrogens is 242 g/mol. The molecule has 90 valence electrons. The lowest BCUT2D eigenvalue weighted by atomic mass is 10.1. The van der Waals surface area contributed by atoms with Crippen LogP contribution in [0.25, 0.3) is 0 Å². The van der Waals surface area contributed by atoms with Crippen LogP contribution in [0.3, 0.4) is 0 Å². The van der Waals surface area contributed by atoms with E-state index in [4.69, 9.17) is 0 Å². The molecule has 0 spiro atoms. The van der Waals surface area contributed by atoms with Gasteiger partial charge in [-0.25, -0.2) is 8.42 Å². The molecule has 17 heavy (non-hydrogen) atoms.